The van der Waals surface area contributed by atoms with Gasteiger partial charge in [0.1, 0.15) is 5.82 Å². The third kappa shape index (κ3) is 1.20. The molecule has 0 fully saturated rings. The van der Waals surface area contributed by atoms with E-state index in [1.807, 2.05) is 6.07 Å². The molecule has 1 heterocycles. The Bertz CT molecular complexity index is 521. The first kappa shape index (κ1) is 8.79. The zero-order chi connectivity index (χ0) is 9.71. The molecule has 14 heavy (non-hydrogen) atoms. The Morgan fingerprint density at radius 1 is 1.43 bits per heavy atom. The fraction of sp³-hybridized carbons (Fsp3) is 0.100. The van der Waals surface area contributed by atoms with Crippen molar-refractivity contribution in [2.24, 2.45) is 0 Å². The molecule has 0 saturated carbocycles. The third-order valence-electron chi connectivity index (χ3n) is 2.34. The van der Waals surface area contributed by atoms with Gasteiger partial charge in [-0.25, -0.2) is 9.37 Å². The molecule has 0 atom stereocenters. The van der Waals surface area contributed by atoms with Crippen LogP contribution in [0.4, 0.5) is 4.39 Å². The molecule has 4 heteroatoms. The van der Waals surface area contributed by atoms with Gasteiger partial charge in [0.25, 0.3) is 0 Å². The van der Waals surface area contributed by atoms with Crippen LogP contribution in [0.5, 0.6) is 0 Å². The van der Waals surface area contributed by atoms with Crippen LogP contribution in [0.15, 0.2) is 18.2 Å². The van der Waals surface area contributed by atoms with Crippen molar-refractivity contribution in [2.45, 2.75) is 6.42 Å². The summed E-state index contributed by atoms with van der Waals surface area (Å²) < 4.78 is 14.0. The zero-order valence-electron chi connectivity index (χ0n) is 7.05. The second-order valence-electron chi connectivity index (χ2n) is 3.22. The molecule has 0 N–H and O–H groups in total. The normalized spacial score (nSPS) is 12.7. The fourth-order valence-electron chi connectivity index (χ4n) is 1.77. The van der Waals surface area contributed by atoms with E-state index in [1.165, 1.54) is 10.9 Å². The quantitative estimate of drug-likeness (QED) is 0.579. The predicted molar refractivity (Wildman–Crippen MR) is 63.0 cm³/mol. The minimum absolute atomic E-state index is 0.159. The van der Waals surface area contributed by atoms with E-state index in [1.54, 1.807) is 17.4 Å². The van der Waals surface area contributed by atoms with E-state index in [4.69, 9.17) is 0 Å². The molecule has 1 aliphatic rings. The highest BCUT2D eigenvalue weighted by Gasteiger charge is 2.22. The van der Waals surface area contributed by atoms with Gasteiger partial charge in [-0.2, -0.15) is 0 Å². The second-order valence-corrected chi connectivity index (χ2v) is 6.05. The summed E-state index contributed by atoms with van der Waals surface area (Å²) in [5.41, 5.74) is 3.21. The molecule has 0 radical (unpaired) electrons. The van der Waals surface area contributed by atoms with Gasteiger partial charge in [0.05, 0.1) is 5.69 Å². The zero-order valence-corrected chi connectivity index (χ0v) is 10.0. The molecule has 0 bridgehead atoms. The predicted octanol–water partition coefficient (Wildman–Crippen LogP) is 3.46. The molecule has 0 saturated heterocycles. The van der Waals surface area contributed by atoms with E-state index >= 15 is 0 Å². The van der Waals surface area contributed by atoms with Crippen LogP contribution >= 0.6 is 33.9 Å². The van der Waals surface area contributed by atoms with Crippen molar-refractivity contribution in [1.82, 2.24) is 4.98 Å². The van der Waals surface area contributed by atoms with Crippen molar-refractivity contribution in [2.75, 3.05) is 0 Å². The molecule has 1 aromatic heterocycles. The largest absolute Gasteiger partial charge is 0.230 e. The Morgan fingerprint density at radius 2 is 2.29 bits per heavy atom. The highest BCUT2D eigenvalue weighted by molar-refractivity contribution is 14.1. The van der Waals surface area contributed by atoms with Crippen LogP contribution in [-0.2, 0) is 6.42 Å². The molecular weight excluding hydrogens is 312 g/mol. The van der Waals surface area contributed by atoms with Crippen LogP contribution in [0.3, 0.4) is 0 Å². The summed E-state index contributed by atoms with van der Waals surface area (Å²) in [6.07, 6.45) is 0.836. The SMILES string of the molecule is Fc1ccc2c(c1)Cc1sc(I)nc1-2. The lowest BCUT2D eigenvalue weighted by Crippen LogP contribution is -1.83. The first-order chi connectivity index (χ1) is 6.74. The van der Waals surface area contributed by atoms with Gasteiger partial charge in [-0.1, -0.05) is 0 Å². The first-order valence-corrected chi connectivity index (χ1v) is 6.07. The number of halogens is 2. The van der Waals surface area contributed by atoms with Crippen LogP contribution in [0.25, 0.3) is 11.3 Å². The molecular formula is C10H5FINS. The summed E-state index contributed by atoms with van der Waals surface area (Å²) in [7, 11) is 0. The smallest absolute Gasteiger partial charge is 0.154 e. The number of nitrogens with zero attached hydrogens (tertiary/aromatic N) is 1. The molecule has 0 aliphatic heterocycles. The maximum atomic E-state index is 13.0. The Kier molecular flexibility index (Phi) is 1.88. The average Bonchev–Trinajstić information content (AvgIpc) is 2.59. The van der Waals surface area contributed by atoms with E-state index in [0.29, 0.717) is 0 Å². The molecule has 2 aromatic rings. The number of fused-ring (bicyclic) bond motifs is 3. The molecule has 1 aliphatic carbocycles. The van der Waals surface area contributed by atoms with Gasteiger partial charge in [-0.3, -0.25) is 0 Å². The van der Waals surface area contributed by atoms with Crippen LogP contribution in [0, 0.1) is 8.83 Å². The van der Waals surface area contributed by atoms with Gasteiger partial charge in [-0.05, 0) is 46.4 Å². The van der Waals surface area contributed by atoms with E-state index in [2.05, 4.69) is 27.6 Å². The van der Waals surface area contributed by atoms with Gasteiger partial charge in [0.15, 0.2) is 3.01 Å². The van der Waals surface area contributed by atoms with Gasteiger partial charge in [0.2, 0.25) is 0 Å². The lowest BCUT2D eigenvalue weighted by atomic mass is 10.1. The number of aromatic nitrogens is 1. The van der Waals surface area contributed by atoms with Crippen LogP contribution in [0.2, 0.25) is 0 Å². The van der Waals surface area contributed by atoms with E-state index in [0.717, 1.165) is 26.3 Å². The van der Waals surface area contributed by atoms with Gasteiger partial charge >= 0.3 is 0 Å². The maximum Gasteiger partial charge on any atom is 0.154 e. The van der Waals surface area contributed by atoms with Gasteiger partial charge in [0, 0.05) is 16.9 Å². The van der Waals surface area contributed by atoms with Crippen molar-refractivity contribution in [1.29, 1.82) is 0 Å². The summed E-state index contributed by atoms with van der Waals surface area (Å²) in [5.74, 6) is -0.159. The third-order valence-corrected chi connectivity index (χ3v) is 4.09. The molecule has 70 valence electrons. The van der Waals surface area contributed by atoms with Crippen molar-refractivity contribution in [3.8, 4) is 11.3 Å². The van der Waals surface area contributed by atoms with Gasteiger partial charge in [-0.15, -0.1) is 11.3 Å². The monoisotopic (exact) mass is 317 g/mol. The minimum atomic E-state index is -0.159. The van der Waals surface area contributed by atoms with Gasteiger partial charge < -0.3 is 0 Å². The molecule has 1 aromatic carbocycles. The highest BCUT2D eigenvalue weighted by atomic mass is 127. The standard InChI is InChI=1S/C10H5FINS/c11-6-1-2-7-5(3-6)4-8-9(7)13-10(12)14-8/h1-3H,4H2. The summed E-state index contributed by atoms with van der Waals surface area (Å²) >= 11 is 3.91. The Balaban J connectivity index is 2.25. The van der Waals surface area contributed by atoms with Crippen molar-refractivity contribution in [3.05, 3.63) is 37.5 Å². The Labute approximate surface area is 98.1 Å². The van der Waals surface area contributed by atoms with Crippen LogP contribution < -0.4 is 0 Å². The maximum absolute atomic E-state index is 13.0. The van der Waals surface area contributed by atoms with Crippen LogP contribution in [0.1, 0.15) is 10.4 Å². The van der Waals surface area contributed by atoms with Crippen LogP contribution in [-0.4, -0.2) is 4.98 Å². The average molecular weight is 317 g/mol. The lowest BCUT2D eigenvalue weighted by Gasteiger charge is -1.97. The van der Waals surface area contributed by atoms with E-state index in [-0.39, 0.29) is 5.82 Å². The summed E-state index contributed by atoms with van der Waals surface area (Å²) in [4.78, 5) is 5.70. The van der Waals surface area contributed by atoms with E-state index < -0.39 is 0 Å². The minimum Gasteiger partial charge on any atom is -0.230 e. The summed E-state index contributed by atoms with van der Waals surface area (Å²) in [6, 6.07) is 4.93. The number of rotatable bonds is 0. The molecule has 0 amide bonds. The first-order valence-electron chi connectivity index (χ1n) is 4.18. The number of hydrogen-bond donors (Lipinski definition) is 0. The van der Waals surface area contributed by atoms with Crippen molar-refractivity contribution in [3.63, 3.8) is 0 Å². The lowest BCUT2D eigenvalue weighted by molar-refractivity contribution is 0.626. The molecule has 0 unspecified atom stereocenters. The highest BCUT2D eigenvalue weighted by Crippen LogP contribution is 2.39. The number of thiazole rings is 1. The molecule has 0 spiro atoms. The number of benzene rings is 1. The fourth-order valence-corrected chi connectivity index (χ4v) is 3.62. The summed E-state index contributed by atoms with van der Waals surface area (Å²) in [6.45, 7) is 0. The number of hydrogen-bond acceptors (Lipinski definition) is 2. The second kappa shape index (κ2) is 3.00. The topological polar surface area (TPSA) is 12.9 Å². The van der Waals surface area contributed by atoms with E-state index in [9.17, 15) is 4.39 Å². The Morgan fingerprint density at radius 3 is 3.14 bits per heavy atom. The molecule has 1 nitrogen and oxygen atoms in total. The summed E-state index contributed by atoms with van der Waals surface area (Å²) in [5, 5.41) is 0. The van der Waals surface area contributed by atoms with Crippen molar-refractivity contribution >= 4 is 33.9 Å². The Hall–Kier alpha value is -0.490. The molecule has 3 rings (SSSR count). The van der Waals surface area contributed by atoms with Crippen molar-refractivity contribution < 1.29 is 4.39 Å².